The van der Waals surface area contributed by atoms with Gasteiger partial charge < -0.3 is 4.90 Å². The van der Waals surface area contributed by atoms with Crippen LogP contribution in [0.25, 0.3) is 44.2 Å². The molecule has 11 rings (SSSR count). The normalized spacial score (nSPS) is 14.1. The molecule has 0 amide bonds. The Bertz CT molecular complexity index is 2940. The van der Waals surface area contributed by atoms with Crippen LogP contribution in [-0.4, -0.2) is 0 Å². The maximum atomic E-state index is 2.49. The van der Waals surface area contributed by atoms with Crippen molar-refractivity contribution in [1.29, 1.82) is 0 Å². The molecule has 1 heteroatoms. The second-order valence-corrected chi connectivity index (χ2v) is 16.1. The second-order valence-electron chi connectivity index (χ2n) is 16.1. The number of hydrogen-bond donors (Lipinski definition) is 0. The summed E-state index contributed by atoms with van der Waals surface area (Å²) in [5, 5.41) is 2.56. The minimum absolute atomic E-state index is 0.116. The van der Waals surface area contributed by atoms with Crippen molar-refractivity contribution < 1.29 is 0 Å². The van der Waals surface area contributed by atoms with E-state index in [1.54, 1.807) is 0 Å². The van der Waals surface area contributed by atoms with Crippen molar-refractivity contribution in [3.05, 3.63) is 246 Å². The van der Waals surface area contributed by atoms with Crippen molar-refractivity contribution in [2.24, 2.45) is 0 Å². The van der Waals surface area contributed by atoms with Gasteiger partial charge in [-0.3, -0.25) is 0 Å². The maximum absolute atomic E-state index is 2.49. The van der Waals surface area contributed by atoms with Gasteiger partial charge in [0.25, 0.3) is 0 Å². The molecule has 0 fully saturated rings. The predicted octanol–water partition coefficient (Wildman–Crippen LogP) is 14.6. The van der Waals surface area contributed by atoms with E-state index in [9.17, 15) is 0 Å². The highest BCUT2D eigenvalue weighted by Gasteiger charge is 2.46. The number of para-hydroxylation sites is 1. The number of hydrogen-bond acceptors (Lipinski definition) is 1. The summed E-state index contributed by atoms with van der Waals surface area (Å²) >= 11 is 0. The third kappa shape index (κ3) is 4.95. The fourth-order valence-corrected chi connectivity index (χ4v) is 10.1. The zero-order chi connectivity index (χ0) is 38.1. The molecule has 0 saturated carbocycles. The molecule has 0 aromatic heterocycles. The largest absolute Gasteiger partial charge is 0.310 e. The van der Waals surface area contributed by atoms with E-state index < -0.39 is 5.41 Å². The van der Waals surface area contributed by atoms with Crippen LogP contribution >= 0.6 is 0 Å². The van der Waals surface area contributed by atoms with E-state index in [1.807, 2.05) is 0 Å². The van der Waals surface area contributed by atoms with Gasteiger partial charge >= 0.3 is 0 Å². The van der Waals surface area contributed by atoms with Crippen molar-refractivity contribution in [2.45, 2.75) is 24.7 Å². The second kappa shape index (κ2) is 12.8. The van der Waals surface area contributed by atoms with Crippen LogP contribution in [0, 0.1) is 0 Å². The molecule has 0 spiro atoms. The molecule has 57 heavy (non-hydrogen) atoms. The number of rotatable bonds is 6. The Morgan fingerprint density at radius 3 is 1.47 bits per heavy atom. The fraction of sp³-hybridized carbons (Fsp3) is 0.0714. The molecule has 2 aliphatic rings. The lowest BCUT2D eigenvalue weighted by atomic mass is 9.68. The van der Waals surface area contributed by atoms with Gasteiger partial charge in [0.05, 0.1) is 11.1 Å². The Morgan fingerprint density at radius 2 is 0.807 bits per heavy atom. The van der Waals surface area contributed by atoms with E-state index >= 15 is 0 Å². The van der Waals surface area contributed by atoms with E-state index in [0.29, 0.717) is 0 Å². The summed E-state index contributed by atoms with van der Waals surface area (Å²) in [7, 11) is 0. The van der Waals surface area contributed by atoms with Crippen LogP contribution in [0.4, 0.5) is 17.1 Å². The van der Waals surface area contributed by atoms with Crippen molar-refractivity contribution in [1.82, 2.24) is 0 Å². The van der Waals surface area contributed by atoms with Crippen molar-refractivity contribution in [3.8, 4) is 33.4 Å². The van der Waals surface area contributed by atoms with E-state index in [1.165, 1.54) is 77.5 Å². The number of benzene rings is 9. The van der Waals surface area contributed by atoms with E-state index in [2.05, 4.69) is 231 Å². The molecule has 0 bridgehead atoms. The van der Waals surface area contributed by atoms with Crippen molar-refractivity contribution in [3.63, 3.8) is 0 Å². The lowest BCUT2D eigenvalue weighted by Gasteiger charge is -2.34. The maximum Gasteiger partial charge on any atom is 0.0713 e. The zero-order valence-electron chi connectivity index (χ0n) is 32.2. The first-order valence-electron chi connectivity index (χ1n) is 20.0. The lowest BCUT2D eigenvalue weighted by Crippen LogP contribution is -2.28. The Hall–Kier alpha value is -6.96. The van der Waals surface area contributed by atoms with Crippen molar-refractivity contribution >= 4 is 27.8 Å². The first-order valence-corrected chi connectivity index (χ1v) is 20.0. The highest BCUT2D eigenvalue weighted by Crippen LogP contribution is 2.58. The van der Waals surface area contributed by atoms with Gasteiger partial charge in [0.15, 0.2) is 0 Å². The molecule has 0 aliphatic heterocycles. The number of fused-ring (bicyclic) bond motifs is 7. The lowest BCUT2D eigenvalue weighted by molar-refractivity contribution is 0.661. The van der Waals surface area contributed by atoms with Crippen LogP contribution < -0.4 is 4.90 Å². The fourth-order valence-electron chi connectivity index (χ4n) is 10.1. The smallest absolute Gasteiger partial charge is 0.0713 e. The number of nitrogens with zero attached hydrogens (tertiary/aromatic N) is 1. The van der Waals surface area contributed by atoms with Gasteiger partial charge in [-0.15, -0.1) is 0 Å². The van der Waals surface area contributed by atoms with Gasteiger partial charge in [-0.1, -0.05) is 184 Å². The molecule has 9 aromatic carbocycles. The Labute approximate surface area is 335 Å². The molecule has 0 unspecified atom stereocenters. The molecule has 0 saturated heterocycles. The van der Waals surface area contributed by atoms with Crippen LogP contribution in [0.15, 0.2) is 212 Å². The molecule has 9 aromatic rings. The number of anilines is 3. The van der Waals surface area contributed by atoms with Gasteiger partial charge in [-0.25, -0.2) is 0 Å². The highest BCUT2D eigenvalue weighted by molar-refractivity contribution is 5.97. The molecule has 0 heterocycles. The van der Waals surface area contributed by atoms with Gasteiger partial charge in [0.2, 0.25) is 0 Å². The summed E-state index contributed by atoms with van der Waals surface area (Å²) in [6.07, 6.45) is 0. The van der Waals surface area contributed by atoms with E-state index in [4.69, 9.17) is 0 Å². The summed E-state index contributed by atoms with van der Waals surface area (Å²) in [4.78, 5) is 2.49. The summed E-state index contributed by atoms with van der Waals surface area (Å²) in [5.74, 6) is 0. The van der Waals surface area contributed by atoms with Crippen molar-refractivity contribution in [2.75, 3.05) is 4.90 Å². The molecule has 0 radical (unpaired) electrons. The van der Waals surface area contributed by atoms with Crippen LogP contribution in [0.1, 0.15) is 47.2 Å². The summed E-state index contributed by atoms with van der Waals surface area (Å²) in [6, 6.07) is 78.7. The standard InChI is InChI=1S/C56H41N/c1-55(2)50-32-30-43(37-49(50)47-34-39-20-12-13-21-40(39)35-53(47)55)57(54-29-17-15-26-45(54)38-18-6-3-7-19-38)44-31-33-52-48(36-44)46-27-14-16-28-51(46)56(52,41-22-8-4-9-23-41)42-24-10-5-11-25-42/h3-37H,1-2H3. The summed E-state index contributed by atoms with van der Waals surface area (Å²) in [6.45, 7) is 4.75. The zero-order valence-corrected chi connectivity index (χ0v) is 32.2. The van der Waals surface area contributed by atoms with Crippen LogP contribution in [0.2, 0.25) is 0 Å². The SMILES string of the molecule is CC1(C)c2ccc(N(c3ccc4c(c3)-c3ccccc3C4(c3ccccc3)c3ccccc3)c3ccccc3-c3ccccc3)cc2-c2cc3ccccc3cc21. The average molecular weight is 728 g/mol. The Balaban J connectivity index is 1.17. The molecule has 0 N–H and O–H groups in total. The Kier molecular flexibility index (Phi) is 7.50. The Morgan fingerprint density at radius 1 is 0.333 bits per heavy atom. The average Bonchev–Trinajstić information content (AvgIpc) is 3.69. The quantitative estimate of drug-likeness (QED) is 0.165. The topological polar surface area (TPSA) is 3.24 Å². The van der Waals surface area contributed by atoms with Crippen LogP contribution in [-0.2, 0) is 10.8 Å². The monoisotopic (exact) mass is 727 g/mol. The molecular weight excluding hydrogens is 687 g/mol. The molecule has 270 valence electrons. The first-order chi connectivity index (χ1) is 28.0. The molecule has 1 nitrogen and oxygen atoms in total. The van der Waals surface area contributed by atoms with Crippen LogP contribution in [0.3, 0.4) is 0 Å². The van der Waals surface area contributed by atoms with Crippen LogP contribution in [0.5, 0.6) is 0 Å². The van der Waals surface area contributed by atoms with E-state index in [-0.39, 0.29) is 5.41 Å². The molecular formula is C56H41N. The van der Waals surface area contributed by atoms with Gasteiger partial charge in [0.1, 0.15) is 0 Å². The van der Waals surface area contributed by atoms with Gasteiger partial charge in [0, 0.05) is 22.4 Å². The summed E-state index contributed by atoms with van der Waals surface area (Å²) < 4.78 is 0. The van der Waals surface area contributed by atoms with Gasteiger partial charge in [-0.2, -0.15) is 0 Å². The first kappa shape index (κ1) is 33.4. The van der Waals surface area contributed by atoms with Gasteiger partial charge in [-0.05, 0) is 114 Å². The molecule has 2 aliphatic carbocycles. The predicted molar refractivity (Wildman–Crippen MR) is 239 cm³/mol. The third-order valence-corrected chi connectivity index (χ3v) is 12.7. The summed E-state index contributed by atoms with van der Waals surface area (Å²) in [5.41, 5.74) is 18.3. The minimum atomic E-state index is -0.453. The van der Waals surface area contributed by atoms with E-state index in [0.717, 1.165) is 17.1 Å². The third-order valence-electron chi connectivity index (χ3n) is 12.7. The molecule has 0 atom stereocenters. The highest BCUT2D eigenvalue weighted by atomic mass is 15.1. The minimum Gasteiger partial charge on any atom is -0.310 e.